The van der Waals surface area contributed by atoms with Crippen LogP contribution in [-0.2, 0) is 4.79 Å². The summed E-state index contributed by atoms with van der Waals surface area (Å²) in [7, 11) is 1.43. The normalized spacial score (nSPS) is 8.15. The van der Waals surface area contributed by atoms with Gasteiger partial charge in [0.2, 0.25) is 0 Å². The molecule has 0 amide bonds. The number of aldehydes is 1. The SMILES string of the molecule is CC=O.COc1cc(O)ccc1O. The van der Waals surface area contributed by atoms with E-state index in [1.54, 1.807) is 0 Å². The van der Waals surface area contributed by atoms with Gasteiger partial charge < -0.3 is 19.7 Å². The standard InChI is InChI=1S/C7H8O3.C2H4O/c1-10-7-4-5(8)2-3-6(7)9;1-2-3/h2-4,8-9H,1H3;2H,1H3. The molecule has 0 saturated carbocycles. The summed E-state index contributed by atoms with van der Waals surface area (Å²) in [5, 5.41) is 17.9. The maximum absolute atomic E-state index is 9.00. The molecular formula is C9H12O4. The second-order valence-corrected chi connectivity index (χ2v) is 2.09. The topological polar surface area (TPSA) is 66.8 Å². The zero-order chi connectivity index (χ0) is 10.3. The minimum absolute atomic E-state index is 0.0281. The van der Waals surface area contributed by atoms with Gasteiger partial charge in [-0.2, -0.15) is 0 Å². The van der Waals surface area contributed by atoms with Crippen molar-refractivity contribution in [2.45, 2.75) is 6.92 Å². The summed E-state index contributed by atoms with van der Waals surface area (Å²) in [4.78, 5) is 8.81. The fourth-order valence-electron chi connectivity index (χ4n) is 0.666. The van der Waals surface area contributed by atoms with Gasteiger partial charge in [0.15, 0.2) is 11.5 Å². The van der Waals surface area contributed by atoms with Crippen LogP contribution < -0.4 is 4.74 Å². The van der Waals surface area contributed by atoms with E-state index in [0.29, 0.717) is 0 Å². The van der Waals surface area contributed by atoms with Gasteiger partial charge in [-0.3, -0.25) is 0 Å². The number of aromatic hydroxyl groups is 2. The van der Waals surface area contributed by atoms with Crippen LogP contribution in [0.1, 0.15) is 6.92 Å². The lowest BCUT2D eigenvalue weighted by molar-refractivity contribution is -0.106. The highest BCUT2D eigenvalue weighted by atomic mass is 16.5. The third kappa shape index (κ3) is 4.00. The second-order valence-electron chi connectivity index (χ2n) is 2.09. The first-order chi connectivity index (χ1) is 6.15. The van der Waals surface area contributed by atoms with E-state index in [9.17, 15) is 0 Å². The van der Waals surface area contributed by atoms with Crippen LogP contribution in [0, 0.1) is 0 Å². The lowest BCUT2D eigenvalue weighted by atomic mass is 10.3. The smallest absolute Gasteiger partial charge is 0.164 e. The average molecular weight is 184 g/mol. The van der Waals surface area contributed by atoms with Crippen LogP contribution >= 0.6 is 0 Å². The molecule has 13 heavy (non-hydrogen) atoms. The number of benzene rings is 1. The Morgan fingerprint density at radius 2 is 1.92 bits per heavy atom. The summed E-state index contributed by atoms with van der Waals surface area (Å²) in [6.07, 6.45) is 0.750. The molecule has 0 atom stereocenters. The number of phenols is 2. The number of carbonyl (C=O) groups is 1. The fourth-order valence-corrected chi connectivity index (χ4v) is 0.666. The van der Waals surface area contributed by atoms with Gasteiger partial charge in [-0.05, 0) is 19.1 Å². The van der Waals surface area contributed by atoms with Gasteiger partial charge in [-0.25, -0.2) is 0 Å². The molecule has 2 N–H and O–H groups in total. The Hall–Kier alpha value is -1.71. The molecule has 0 aliphatic rings. The molecule has 0 unspecified atom stereocenters. The number of methoxy groups -OCH3 is 1. The lowest BCUT2D eigenvalue weighted by Gasteiger charge is -2.01. The van der Waals surface area contributed by atoms with Crippen LogP contribution in [0.15, 0.2) is 18.2 Å². The van der Waals surface area contributed by atoms with Crippen LogP contribution in [0.4, 0.5) is 0 Å². The minimum atomic E-state index is 0.0281. The quantitative estimate of drug-likeness (QED) is 0.510. The first-order valence-electron chi connectivity index (χ1n) is 3.61. The largest absolute Gasteiger partial charge is 0.508 e. The molecule has 0 radical (unpaired) electrons. The zero-order valence-electron chi connectivity index (χ0n) is 7.52. The monoisotopic (exact) mass is 184 g/mol. The summed E-state index contributed by atoms with van der Waals surface area (Å²) in [5.41, 5.74) is 0. The summed E-state index contributed by atoms with van der Waals surface area (Å²) < 4.78 is 4.72. The van der Waals surface area contributed by atoms with Gasteiger partial charge in [-0.15, -0.1) is 0 Å². The Morgan fingerprint density at radius 1 is 1.38 bits per heavy atom. The average Bonchev–Trinajstić information content (AvgIpc) is 2.10. The van der Waals surface area contributed by atoms with E-state index in [4.69, 9.17) is 19.7 Å². The predicted molar refractivity (Wildman–Crippen MR) is 48.1 cm³/mol. The molecule has 4 nitrogen and oxygen atoms in total. The Kier molecular flexibility index (Phi) is 5.11. The molecule has 0 spiro atoms. The number of ether oxygens (including phenoxy) is 1. The predicted octanol–water partition coefficient (Wildman–Crippen LogP) is 1.31. The molecular weight excluding hydrogens is 172 g/mol. The van der Waals surface area contributed by atoms with Crippen molar-refractivity contribution in [2.75, 3.05) is 7.11 Å². The molecule has 0 bridgehead atoms. The van der Waals surface area contributed by atoms with E-state index < -0.39 is 0 Å². The molecule has 72 valence electrons. The molecule has 0 saturated heterocycles. The Bertz CT molecular complexity index is 270. The lowest BCUT2D eigenvalue weighted by Crippen LogP contribution is -1.81. The molecule has 4 heteroatoms. The van der Waals surface area contributed by atoms with E-state index in [2.05, 4.69) is 0 Å². The number of rotatable bonds is 1. The maximum atomic E-state index is 9.00. The first kappa shape index (κ1) is 11.3. The molecule has 1 rings (SSSR count). The van der Waals surface area contributed by atoms with Crippen molar-refractivity contribution in [2.24, 2.45) is 0 Å². The number of hydrogen-bond donors (Lipinski definition) is 2. The number of hydrogen-bond acceptors (Lipinski definition) is 4. The van der Waals surface area contributed by atoms with E-state index in [1.165, 1.54) is 32.2 Å². The Balaban J connectivity index is 0.000000424. The molecule has 0 heterocycles. The van der Waals surface area contributed by atoms with Crippen molar-refractivity contribution in [3.05, 3.63) is 18.2 Å². The Labute approximate surface area is 76.4 Å². The maximum Gasteiger partial charge on any atom is 0.164 e. The van der Waals surface area contributed by atoms with Gasteiger partial charge in [0.1, 0.15) is 12.0 Å². The highest BCUT2D eigenvalue weighted by Gasteiger charge is 1.99. The Morgan fingerprint density at radius 3 is 2.31 bits per heavy atom. The fraction of sp³-hybridized carbons (Fsp3) is 0.222. The van der Waals surface area contributed by atoms with Gasteiger partial charge >= 0.3 is 0 Å². The van der Waals surface area contributed by atoms with Crippen molar-refractivity contribution in [3.63, 3.8) is 0 Å². The molecule has 1 aromatic rings. The van der Waals surface area contributed by atoms with Crippen LogP contribution in [0.3, 0.4) is 0 Å². The van der Waals surface area contributed by atoms with Crippen molar-refractivity contribution in [3.8, 4) is 17.2 Å². The molecule has 0 fully saturated rings. The summed E-state index contributed by atoms with van der Waals surface area (Å²) in [6.45, 7) is 1.44. The number of carbonyl (C=O) groups excluding carboxylic acids is 1. The molecule has 0 aliphatic heterocycles. The van der Waals surface area contributed by atoms with Gasteiger partial charge in [0.25, 0.3) is 0 Å². The molecule has 0 aromatic heterocycles. The van der Waals surface area contributed by atoms with Crippen LogP contribution in [0.5, 0.6) is 17.2 Å². The highest BCUT2D eigenvalue weighted by Crippen LogP contribution is 2.28. The van der Waals surface area contributed by atoms with Crippen molar-refractivity contribution < 1.29 is 19.7 Å². The van der Waals surface area contributed by atoms with E-state index in [1.807, 2.05) is 0 Å². The summed E-state index contributed by atoms with van der Waals surface area (Å²) in [6, 6.07) is 4.10. The van der Waals surface area contributed by atoms with E-state index >= 15 is 0 Å². The molecule has 1 aromatic carbocycles. The van der Waals surface area contributed by atoms with Gasteiger partial charge in [0, 0.05) is 6.07 Å². The summed E-state index contributed by atoms with van der Waals surface area (Å²) in [5.74, 6) is 0.384. The van der Waals surface area contributed by atoms with E-state index in [0.717, 1.165) is 6.29 Å². The van der Waals surface area contributed by atoms with E-state index in [-0.39, 0.29) is 17.2 Å². The first-order valence-corrected chi connectivity index (χ1v) is 3.61. The minimum Gasteiger partial charge on any atom is -0.508 e. The number of phenolic OH excluding ortho intramolecular Hbond substituents is 2. The van der Waals surface area contributed by atoms with Crippen LogP contribution in [0.25, 0.3) is 0 Å². The third-order valence-electron chi connectivity index (χ3n) is 1.16. The van der Waals surface area contributed by atoms with Crippen LogP contribution in [-0.4, -0.2) is 23.6 Å². The van der Waals surface area contributed by atoms with Crippen molar-refractivity contribution in [1.29, 1.82) is 0 Å². The zero-order valence-corrected chi connectivity index (χ0v) is 7.52. The van der Waals surface area contributed by atoms with Crippen molar-refractivity contribution >= 4 is 6.29 Å². The van der Waals surface area contributed by atoms with Gasteiger partial charge in [0.05, 0.1) is 7.11 Å². The second kappa shape index (κ2) is 5.88. The third-order valence-corrected chi connectivity index (χ3v) is 1.16. The van der Waals surface area contributed by atoms with Gasteiger partial charge in [-0.1, -0.05) is 0 Å². The molecule has 0 aliphatic carbocycles. The van der Waals surface area contributed by atoms with Crippen LogP contribution in [0.2, 0.25) is 0 Å². The summed E-state index contributed by atoms with van der Waals surface area (Å²) >= 11 is 0. The highest BCUT2D eigenvalue weighted by molar-refractivity contribution is 5.44. The van der Waals surface area contributed by atoms with Crippen molar-refractivity contribution in [1.82, 2.24) is 0 Å².